The summed E-state index contributed by atoms with van der Waals surface area (Å²) < 4.78 is 5.38. The molecule has 1 saturated heterocycles. The molecule has 2 heterocycles. The maximum atomic E-state index is 12.2. The Labute approximate surface area is 114 Å². The standard InChI is InChI=1S/C13H12N2O3S/c1-18-13-14-11(16)7-12(17)15(13)10(8-19-13)9-5-3-2-4-6-9/h2-6,8H,7H2,1H3,(H,14,16)/t13-/m0/s1. The molecule has 2 aliphatic rings. The number of amides is 2. The zero-order valence-electron chi connectivity index (χ0n) is 10.3. The summed E-state index contributed by atoms with van der Waals surface area (Å²) in [4.78, 5) is 25.2. The van der Waals surface area contributed by atoms with Gasteiger partial charge in [-0.25, -0.2) is 0 Å². The van der Waals surface area contributed by atoms with E-state index in [9.17, 15) is 9.59 Å². The van der Waals surface area contributed by atoms with Crippen molar-refractivity contribution in [2.75, 3.05) is 7.11 Å². The van der Waals surface area contributed by atoms with E-state index in [-0.39, 0.29) is 18.2 Å². The second-order valence-corrected chi connectivity index (χ2v) is 5.25. The van der Waals surface area contributed by atoms with Crippen LogP contribution in [0.25, 0.3) is 5.70 Å². The van der Waals surface area contributed by atoms with Crippen molar-refractivity contribution in [3.05, 3.63) is 41.3 Å². The molecule has 2 amide bonds. The van der Waals surface area contributed by atoms with Gasteiger partial charge < -0.3 is 10.1 Å². The number of rotatable bonds is 2. The Kier molecular flexibility index (Phi) is 2.83. The van der Waals surface area contributed by atoms with Gasteiger partial charge in [0, 0.05) is 12.5 Å². The third kappa shape index (κ3) is 1.84. The number of nitrogens with one attached hydrogen (secondary N) is 1. The van der Waals surface area contributed by atoms with Crippen LogP contribution in [0.2, 0.25) is 0 Å². The Morgan fingerprint density at radius 1 is 1.32 bits per heavy atom. The zero-order valence-corrected chi connectivity index (χ0v) is 11.1. The molecular weight excluding hydrogens is 264 g/mol. The van der Waals surface area contributed by atoms with Gasteiger partial charge in [0.2, 0.25) is 11.8 Å². The summed E-state index contributed by atoms with van der Waals surface area (Å²) in [7, 11) is 1.47. The Bertz CT molecular complexity index is 573. The van der Waals surface area contributed by atoms with Crippen LogP contribution in [0.4, 0.5) is 0 Å². The van der Waals surface area contributed by atoms with Gasteiger partial charge in [-0.05, 0) is 5.56 Å². The largest absolute Gasteiger partial charge is 0.332 e. The lowest BCUT2D eigenvalue weighted by Gasteiger charge is -2.40. The molecule has 6 heteroatoms. The quantitative estimate of drug-likeness (QED) is 0.828. The van der Waals surface area contributed by atoms with Crippen LogP contribution in [0.5, 0.6) is 0 Å². The van der Waals surface area contributed by atoms with Crippen LogP contribution in [0.1, 0.15) is 12.0 Å². The van der Waals surface area contributed by atoms with Crippen molar-refractivity contribution in [1.82, 2.24) is 10.2 Å². The predicted molar refractivity (Wildman–Crippen MR) is 71.4 cm³/mol. The van der Waals surface area contributed by atoms with Gasteiger partial charge in [0.15, 0.2) is 0 Å². The summed E-state index contributed by atoms with van der Waals surface area (Å²) in [6.07, 6.45) is -0.157. The molecule has 1 N–H and O–H groups in total. The van der Waals surface area contributed by atoms with Gasteiger partial charge in [0.1, 0.15) is 6.42 Å². The molecule has 1 atom stereocenters. The molecule has 0 bridgehead atoms. The number of hydrogen-bond donors (Lipinski definition) is 1. The number of carbonyl (C=O) groups excluding carboxylic acids is 2. The summed E-state index contributed by atoms with van der Waals surface area (Å²) in [6.45, 7) is 0. The van der Waals surface area contributed by atoms with E-state index in [1.165, 1.54) is 23.8 Å². The smallest absolute Gasteiger partial charge is 0.283 e. The molecular formula is C13H12N2O3S. The lowest BCUT2D eigenvalue weighted by atomic mass is 10.1. The molecule has 0 saturated carbocycles. The average molecular weight is 276 g/mol. The number of hydrogen-bond acceptors (Lipinski definition) is 4. The van der Waals surface area contributed by atoms with E-state index in [1.54, 1.807) is 0 Å². The van der Waals surface area contributed by atoms with Gasteiger partial charge in [-0.1, -0.05) is 42.1 Å². The first-order valence-electron chi connectivity index (χ1n) is 5.79. The van der Waals surface area contributed by atoms with E-state index in [0.29, 0.717) is 0 Å². The molecule has 0 radical (unpaired) electrons. The number of ether oxygens (including phenoxy) is 1. The van der Waals surface area contributed by atoms with Crippen molar-refractivity contribution in [1.29, 1.82) is 0 Å². The number of nitrogens with zero attached hydrogens (tertiary/aromatic N) is 1. The number of carbonyl (C=O) groups is 2. The van der Waals surface area contributed by atoms with E-state index in [0.717, 1.165) is 11.3 Å². The molecule has 19 heavy (non-hydrogen) atoms. The second-order valence-electron chi connectivity index (χ2n) is 4.23. The predicted octanol–water partition coefficient (Wildman–Crippen LogP) is 1.34. The van der Waals surface area contributed by atoms with Gasteiger partial charge in [-0.2, -0.15) is 0 Å². The highest BCUT2D eigenvalue weighted by Gasteiger charge is 2.51. The second kappa shape index (κ2) is 4.40. The van der Waals surface area contributed by atoms with Crippen molar-refractivity contribution < 1.29 is 14.3 Å². The minimum atomic E-state index is -1.14. The highest BCUT2D eigenvalue weighted by atomic mass is 32.2. The molecule has 0 spiro atoms. The van der Waals surface area contributed by atoms with Crippen molar-refractivity contribution in [2.24, 2.45) is 0 Å². The van der Waals surface area contributed by atoms with E-state index >= 15 is 0 Å². The zero-order chi connectivity index (χ0) is 13.5. The Morgan fingerprint density at radius 2 is 2.05 bits per heavy atom. The molecule has 1 aromatic carbocycles. The molecule has 1 aromatic rings. The van der Waals surface area contributed by atoms with E-state index in [1.807, 2.05) is 35.7 Å². The molecule has 0 unspecified atom stereocenters. The first-order chi connectivity index (χ1) is 9.16. The van der Waals surface area contributed by atoms with Gasteiger partial charge in [0.25, 0.3) is 5.18 Å². The van der Waals surface area contributed by atoms with Crippen molar-refractivity contribution >= 4 is 29.3 Å². The van der Waals surface area contributed by atoms with Gasteiger partial charge in [0.05, 0.1) is 5.70 Å². The van der Waals surface area contributed by atoms with Crippen LogP contribution in [-0.4, -0.2) is 29.0 Å². The third-order valence-corrected chi connectivity index (χ3v) is 4.18. The van der Waals surface area contributed by atoms with E-state index < -0.39 is 5.18 Å². The third-order valence-electron chi connectivity index (χ3n) is 3.07. The summed E-state index contributed by atoms with van der Waals surface area (Å²) in [5, 5.41) is 3.42. The fourth-order valence-corrected chi connectivity index (χ4v) is 3.30. The summed E-state index contributed by atoms with van der Waals surface area (Å²) in [5.41, 5.74) is 1.66. The van der Waals surface area contributed by atoms with Crippen LogP contribution >= 0.6 is 11.8 Å². The summed E-state index contributed by atoms with van der Waals surface area (Å²) in [6, 6.07) is 9.56. The maximum Gasteiger partial charge on any atom is 0.283 e. The molecule has 1 fully saturated rings. The Balaban J connectivity index is 2.02. The highest BCUT2D eigenvalue weighted by Crippen LogP contribution is 2.45. The van der Waals surface area contributed by atoms with Crippen LogP contribution < -0.4 is 5.32 Å². The van der Waals surface area contributed by atoms with Crippen LogP contribution in [0.15, 0.2) is 35.7 Å². The number of thioether (sulfide) groups is 1. The number of methoxy groups -OCH3 is 1. The number of benzene rings is 1. The summed E-state index contributed by atoms with van der Waals surface area (Å²) in [5.74, 6) is -0.580. The topological polar surface area (TPSA) is 58.6 Å². The van der Waals surface area contributed by atoms with Crippen molar-refractivity contribution in [3.63, 3.8) is 0 Å². The van der Waals surface area contributed by atoms with E-state index in [4.69, 9.17) is 4.74 Å². The van der Waals surface area contributed by atoms with Gasteiger partial charge in [-0.15, -0.1) is 0 Å². The fraction of sp³-hybridized carbons (Fsp3) is 0.231. The molecule has 98 valence electrons. The average Bonchev–Trinajstić information content (AvgIpc) is 2.80. The fourth-order valence-electron chi connectivity index (χ4n) is 2.22. The molecule has 0 aliphatic carbocycles. The summed E-state index contributed by atoms with van der Waals surface area (Å²) >= 11 is 1.27. The van der Waals surface area contributed by atoms with Crippen LogP contribution in [0, 0.1) is 0 Å². The minimum Gasteiger partial charge on any atom is -0.332 e. The highest BCUT2D eigenvalue weighted by molar-refractivity contribution is 8.03. The van der Waals surface area contributed by atoms with Crippen LogP contribution in [-0.2, 0) is 14.3 Å². The molecule has 5 nitrogen and oxygen atoms in total. The molecule has 0 aromatic heterocycles. The van der Waals surface area contributed by atoms with E-state index in [2.05, 4.69) is 5.32 Å². The SMILES string of the molecule is CO[C@]12NC(=O)CC(=O)N1C(c1ccccc1)=CS2. The van der Waals surface area contributed by atoms with Crippen molar-refractivity contribution in [2.45, 2.75) is 11.6 Å². The first kappa shape index (κ1) is 12.3. The first-order valence-corrected chi connectivity index (χ1v) is 6.67. The Hall–Kier alpha value is -1.79. The van der Waals surface area contributed by atoms with Crippen LogP contribution in [0.3, 0.4) is 0 Å². The normalized spacial score (nSPS) is 25.9. The maximum absolute atomic E-state index is 12.2. The Morgan fingerprint density at radius 3 is 2.74 bits per heavy atom. The van der Waals surface area contributed by atoms with Gasteiger partial charge in [-0.3, -0.25) is 14.5 Å². The lowest BCUT2D eigenvalue weighted by Crippen LogP contribution is -2.63. The molecule has 3 rings (SSSR count). The minimum absolute atomic E-state index is 0.157. The number of fused-ring (bicyclic) bond motifs is 1. The van der Waals surface area contributed by atoms with Crippen molar-refractivity contribution in [3.8, 4) is 0 Å². The van der Waals surface area contributed by atoms with Gasteiger partial charge >= 0.3 is 0 Å². The molecule has 2 aliphatic heterocycles. The monoisotopic (exact) mass is 276 g/mol. The lowest BCUT2D eigenvalue weighted by molar-refractivity contribution is -0.158.